The van der Waals surface area contributed by atoms with Gasteiger partial charge in [0.25, 0.3) is 0 Å². The normalized spacial score (nSPS) is 15.1. The quantitative estimate of drug-likeness (QED) is 0.703. The Morgan fingerprint density at radius 2 is 1.67 bits per heavy atom. The lowest BCUT2D eigenvalue weighted by Crippen LogP contribution is -2.34. The molecule has 0 amide bonds. The Hall–Kier alpha value is -0.850. The molecule has 0 N–H and O–H groups in total. The van der Waals surface area contributed by atoms with Gasteiger partial charge in [-0.05, 0) is 23.0 Å². The van der Waals surface area contributed by atoms with E-state index >= 15 is 0 Å². The summed E-state index contributed by atoms with van der Waals surface area (Å²) in [6.07, 6.45) is 1.88. The molecule has 1 heterocycles. The van der Waals surface area contributed by atoms with E-state index in [1.807, 2.05) is 12.3 Å². The van der Waals surface area contributed by atoms with Crippen LogP contribution in [0.25, 0.3) is 0 Å². The zero-order valence-corrected chi connectivity index (χ0v) is 10.8. The van der Waals surface area contributed by atoms with E-state index in [1.54, 1.807) is 0 Å². The molecule has 0 saturated carbocycles. The topological polar surface area (TPSA) is 12.9 Å². The van der Waals surface area contributed by atoms with Gasteiger partial charge >= 0.3 is 0 Å². The van der Waals surface area contributed by atoms with E-state index in [0.717, 1.165) is 0 Å². The third kappa shape index (κ3) is 2.39. The molecule has 0 aliphatic heterocycles. The van der Waals surface area contributed by atoms with Gasteiger partial charge < -0.3 is 0 Å². The third-order valence-electron chi connectivity index (χ3n) is 4.15. The number of hydrogen-bond acceptors (Lipinski definition) is 1. The first-order valence-electron chi connectivity index (χ1n) is 5.68. The minimum atomic E-state index is 0.237. The van der Waals surface area contributed by atoms with Crippen LogP contribution in [0, 0.1) is 10.8 Å². The van der Waals surface area contributed by atoms with E-state index in [-0.39, 0.29) is 10.8 Å². The molecule has 0 aliphatic carbocycles. The molecular formula is C14H23N. The molecule has 1 nitrogen and oxygen atoms in total. The van der Waals surface area contributed by atoms with Crippen molar-refractivity contribution in [2.45, 2.75) is 47.5 Å². The van der Waals surface area contributed by atoms with E-state index in [2.05, 4.69) is 58.7 Å². The van der Waals surface area contributed by atoms with Crippen LogP contribution in [0.4, 0.5) is 0 Å². The first-order valence-corrected chi connectivity index (χ1v) is 5.68. The average Bonchev–Trinajstić information content (AvgIpc) is 2.16. The molecule has 0 radical (unpaired) electrons. The fourth-order valence-corrected chi connectivity index (χ4v) is 1.65. The van der Waals surface area contributed by atoms with Crippen molar-refractivity contribution in [3.05, 3.63) is 30.1 Å². The average molecular weight is 205 g/mol. The van der Waals surface area contributed by atoms with Crippen LogP contribution in [-0.2, 0) is 0 Å². The maximum atomic E-state index is 4.46. The number of aromatic nitrogens is 1. The Labute approximate surface area is 93.9 Å². The van der Waals surface area contributed by atoms with Crippen molar-refractivity contribution in [1.82, 2.24) is 4.98 Å². The number of nitrogens with zero attached hydrogens (tertiary/aromatic N) is 1. The van der Waals surface area contributed by atoms with E-state index < -0.39 is 0 Å². The number of hydrogen-bond donors (Lipinski definition) is 0. The second kappa shape index (κ2) is 3.96. The van der Waals surface area contributed by atoms with Gasteiger partial charge in [0.2, 0.25) is 0 Å². The van der Waals surface area contributed by atoms with Crippen LogP contribution >= 0.6 is 0 Å². The highest BCUT2D eigenvalue weighted by Crippen LogP contribution is 2.47. The van der Waals surface area contributed by atoms with Gasteiger partial charge in [-0.2, -0.15) is 0 Å². The fourth-order valence-electron chi connectivity index (χ4n) is 1.65. The van der Waals surface area contributed by atoms with Gasteiger partial charge in [-0.3, -0.25) is 4.98 Å². The summed E-state index contributed by atoms with van der Waals surface area (Å²) in [6, 6.07) is 6.16. The first kappa shape index (κ1) is 12.2. The standard InChI is InChI=1S/C14H23N/c1-11(12-9-7-8-10-15-12)14(5,6)13(2,3)4/h7-11H,1-6H3. The largest absolute Gasteiger partial charge is 0.261 e. The predicted molar refractivity (Wildman–Crippen MR) is 65.9 cm³/mol. The van der Waals surface area contributed by atoms with Gasteiger partial charge in [-0.1, -0.05) is 47.6 Å². The fraction of sp³-hybridized carbons (Fsp3) is 0.643. The van der Waals surface area contributed by atoms with Crippen molar-refractivity contribution < 1.29 is 0 Å². The molecule has 0 aliphatic rings. The molecule has 1 heteroatoms. The lowest BCUT2D eigenvalue weighted by atomic mass is 9.62. The van der Waals surface area contributed by atoms with Crippen LogP contribution < -0.4 is 0 Å². The van der Waals surface area contributed by atoms with Crippen molar-refractivity contribution in [1.29, 1.82) is 0 Å². The van der Waals surface area contributed by atoms with Gasteiger partial charge in [-0.15, -0.1) is 0 Å². The van der Waals surface area contributed by atoms with Crippen molar-refractivity contribution in [2.24, 2.45) is 10.8 Å². The monoisotopic (exact) mass is 205 g/mol. The van der Waals surface area contributed by atoms with Gasteiger partial charge in [0.05, 0.1) is 0 Å². The SMILES string of the molecule is CC(c1ccccn1)C(C)(C)C(C)(C)C. The number of rotatable bonds is 2. The molecule has 15 heavy (non-hydrogen) atoms. The van der Waals surface area contributed by atoms with E-state index in [9.17, 15) is 0 Å². The Bertz CT molecular complexity index is 306. The Kier molecular flexibility index (Phi) is 3.22. The Morgan fingerprint density at radius 3 is 2.07 bits per heavy atom. The molecule has 1 rings (SSSR count). The zero-order chi connectivity index (χ0) is 11.7. The maximum absolute atomic E-state index is 4.46. The summed E-state index contributed by atoms with van der Waals surface area (Å²) in [5, 5.41) is 0. The molecule has 1 aromatic heterocycles. The van der Waals surface area contributed by atoms with Crippen LogP contribution in [-0.4, -0.2) is 4.98 Å². The van der Waals surface area contributed by atoms with Crippen LogP contribution in [0.2, 0.25) is 0 Å². The molecule has 84 valence electrons. The third-order valence-corrected chi connectivity index (χ3v) is 4.15. The summed E-state index contributed by atoms with van der Waals surface area (Å²) >= 11 is 0. The molecule has 0 spiro atoms. The maximum Gasteiger partial charge on any atom is 0.0437 e. The summed E-state index contributed by atoms with van der Waals surface area (Å²) in [6.45, 7) is 13.8. The van der Waals surface area contributed by atoms with Crippen LogP contribution in [0.15, 0.2) is 24.4 Å². The summed E-state index contributed by atoms with van der Waals surface area (Å²) in [5.41, 5.74) is 1.71. The van der Waals surface area contributed by atoms with Gasteiger partial charge in [0, 0.05) is 17.8 Å². The van der Waals surface area contributed by atoms with E-state index in [0.29, 0.717) is 5.92 Å². The molecule has 1 atom stereocenters. The zero-order valence-electron chi connectivity index (χ0n) is 10.8. The van der Waals surface area contributed by atoms with Crippen molar-refractivity contribution in [3.63, 3.8) is 0 Å². The highest BCUT2D eigenvalue weighted by Gasteiger charge is 2.38. The lowest BCUT2D eigenvalue weighted by molar-refractivity contribution is 0.0997. The molecule has 1 aromatic rings. The van der Waals surface area contributed by atoms with Gasteiger partial charge in [-0.25, -0.2) is 0 Å². The van der Waals surface area contributed by atoms with Crippen LogP contribution in [0.1, 0.15) is 53.2 Å². The lowest BCUT2D eigenvalue weighted by Gasteiger charge is -2.43. The highest BCUT2D eigenvalue weighted by molar-refractivity contribution is 5.13. The molecule has 1 unspecified atom stereocenters. The summed E-state index contributed by atoms with van der Waals surface area (Å²) in [7, 11) is 0. The smallest absolute Gasteiger partial charge is 0.0437 e. The Morgan fingerprint density at radius 1 is 1.07 bits per heavy atom. The molecule has 0 aromatic carbocycles. The summed E-state index contributed by atoms with van der Waals surface area (Å²) < 4.78 is 0. The predicted octanol–water partition coefficient (Wildman–Crippen LogP) is 4.26. The van der Waals surface area contributed by atoms with Crippen molar-refractivity contribution in [3.8, 4) is 0 Å². The number of pyridine rings is 1. The summed E-state index contributed by atoms with van der Waals surface area (Å²) in [5.74, 6) is 0.471. The van der Waals surface area contributed by atoms with Gasteiger partial charge in [0.1, 0.15) is 0 Å². The highest BCUT2D eigenvalue weighted by atomic mass is 14.7. The van der Waals surface area contributed by atoms with Gasteiger partial charge in [0.15, 0.2) is 0 Å². The molecule has 0 fully saturated rings. The molecular weight excluding hydrogens is 182 g/mol. The minimum Gasteiger partial charge on any atom is -0.261 e. The van der Waals surface area contributed by atoms with Crippen LogP contribution in [0.5, 0.6) is 0 Å². The minimum absolute atomic E-state index is 0.237. The van der Waals surface area contributed by atoms with E-state index in [1.165, 1.54) is 5.69 Å². The van der Waals surface area contributed by atoms with Crippen molar-refractivity contribution >= 4 is 0 Å². The molecule has 0 saturated heterocycles. The second-order valence-corrected chi connectivity index (χ2v) is 5.95. The second-order valence-electron chi connectivity index (χ2n) is 5.95. The van der Waals surface area contributed by atoms with Crippen molar-refractivity contribution in [2.75, 3.05) is 0 Å². The van der Waals surface area contributed by atoms with E-state index in [4.69, 9.17) is 0 Å². The summed E-state index contributed by atoms with van der Waals surface area (Å²) in [4.78, 5) is 4.46. The first-order chi connectivity index (χ1) is 6.77. The van der Waals surface area contributed by atoms with Crippen LogP contribution in [0.3, 0.4) is 0 Å². The Balaban J connectivity index is 3.00. The molecule has 0 bridgehead atoms.